The highest BCUT2D eigenvalue weighted by atomic mass is 35.5. The molecular formula is C15H10Cl3FN2. The van der Waals surface area contributed by atoms with E-state index >= 15 is 0 Å². The number of rotatable bonds is 2. The molecule has 0 aliphatic carbocycles. The maximum absolute atomic E-state index is 13.9. The van der Waals surface area contributed by atoms with Crippen LogP contribution in [0.2, 0.25) is 10.0 Å². The van der Waals surface area contributed by atoms with E-state index in [-0.39, 0.29) is 5.52 Å². The summed E-state index contributed by atoms with van der Waals surface area (Å²) in [6.45, 7) is 1.78. The van der Waals surface area contributed by atoms with E-state index in [0.29, 0.717) is 27.1 Å². The highest BCUT2D eigenvalue weighted by Crippen LogP contribution is 2.31. The molecule has 0 amide bonds. The zero-order valence-electron chi connectivity index (χ0n) is 10.9. The lowest BCUT2D eigenvalue weighted by Gasteiger charge is -2.11. The molecule has 2 nitrogen and oxygen atoms in total. The lowest BCUT2D eigenvalue weighted by Crippen LogP contribution is -2.02. The Morgan fingerprint density at radius 2 is 1.81 bits per heavy atom. The summed E-state index contributed by atoms with van der Waals surface area (Å²) >= 11 is 18.3. The second-order valence-corrected chi connectivity index (χ2v) is 6.18. The number of halogens is 4. The molecule has 1 aromatic heterocycles. The van der Waals surface area contributed by atoms with Gasteiger partial charge in [-0.2, -0.15) is 0 Å². The molecule has 0 saturated carbocycles. The Bertz CT molecular complexity index is 807. The fourth-order valence-electron chi connectivity index (χ4n) is 2.29. The molecule has 2 aromatic carbocycles. The minimum atomic E-state index is -0.394. The van der Waals surface area contributed by atoms with Gasteiger partial charge in [-0.3, -0.25) is 4.57 Å². The van der Waals surface area contributed by atoms with Gasteiger partial charge in [-0.15, -0.1) is 11.6 Å². The number of fused-ring (bicyclic) bond motifs is 1. The lowest BCUT2D eigenvalue weighted by atomic mass is 10.2. The second kappa shape index (κ2) is 5.48. The molecule has 0 saturated heterocycles. The maximum Gasteiger partial charge on any atom is 0.151 e. The average Bonchev–Trinajstić information content (AvgIpc) is 2.78. The van der Waals surface area contributed by atoms with E-state index in [1.807, 2.05) is 0 Å². The van der Waals surface area contributed by atoms with Crippen LogP contribution >= 0.6 is 34.8 Å². The topological polar surface area (TPSA) is 17.8 Å². The van der Waals surface area contributed by atoms with Gasteiger partial charge in [0.15, 0.2) is 5.82 Å². The first-order chi connectivity index (χ1) is 9.97. The van der Waals surface area contributed by atoms with Gasteiger partial charge in [0.1, 0.15) is 11.3 Å². The van der Waals surface area contributed by atoms with Crippen molar-refractivity contribution in [2.75, 3.05) is 0 Å². The van der Waals surface area contributed by atoms with E-state index in [2.05, 4.69) is 4.98 Å². The Kier molecular flexibility index (Phi) is 3.82. The molecule has 0 aliphatic heterocycles. The third-order valence-electron chi connectivity index (χ3n) is 3.12. The number of nitrogens with zero attached hydrogens (tertiary/aromatic N) is 2. The van der Waals surface area contributed by atoms with Crippen molar-refractivity contribution in [2.45, 2.75) is 12.3 Å². The Balaban J connectivity index is 2.39. The SMILES string of the molecule is CC(Cl)c1nc2c(F)cccc2n1-c1cc(Cl)cc(Cl)c1. The predicted octanol–water partition coefficient (Wildman–Crippen LogP) is 5.77. The number of aromatic nitrogens is 2. The monoisotopic (exact) mass is 342 g/mol. The molecule has 108 valence electrons. The molecule has 0 N–H and O–H groups in total. The first-order valence-electron chi connectivity index (χ1n) is 6.25. The standard InChI is InChI=1S/C15H10Cl3FN2/c1-8(16)15-20-14-12(19)3-2-4-13(14)21(15)11-6-9(17)5-10(18)7-11/h2-8H,1H3. The first kappa shape index (κ1) is 14.6. The van der Waals surface area contributed by atoms with Gasteiger partial charge in [-0.1, -0.05) is 29.3 Å². The molecule has 0 radical (unpaired) electrons. The Morgan fingerprint density at radius 3 is 2.43 bits per heavy atom. The first-order valence-corrected chi connectivity index (χ1v) is 7.44. The zero-order valence-corrected chi connectivity index (χ0v) is 13.2. The molecule has 0 aliphatic rings. The summed E-state index contributed by atoms with van der Waals surface area (Å²) in [5.41, 5.74) is 1.59. The van der Waals surface area contributed by atoms with Crippen molar-refractivity contribution >= 4 is 45.8 Å². The molecular weight excluding hydrogens is 334 g/mol. The Labute approximate surface area is 136 Å². The maximum atomic E-state index is 13.9. The summed E-state index contributed by atoms with van der Waals surface area (Å²) in [6.07, 6.45) is 0. The molecule has 0 fully saturated rings. The third-order valence-corrected chi connectivity index (χ3v) is 3.75. The zero-order chi connectivity index (χ0) is 15.1. The van der Waals surface area contributed by atoms with Crippen LogP contribution in [-0.4, -0.2) is 9.55 Å². The predicted molar refractivity (Wildman–Crippen MR) is 85.3 cm³/mol. The summed E-state index contributed by atoms with van der Waals surface area (Å²) in [4.78, 5) is 4.32. The molecule has 1 heterocycles. The van der Waals surface area contributed by atoms with Gasteiger partial charge in [0.05, 0.1) is 16.6 Å². The van der Waals surface area contributed by atoms with Gasteiger partial charge >= 0.3 is 0 Å². The van der Waals surface area contributed by atoms with Gasteiger partial charge in [0.2, 0.25) is 0 Å². The molecule has 0 bridgehead atoms. The van der Waals surface area contributed by atoms with Crippen LogP contribution in [-0.2, 0) is 0 Å². The summed E-state index contributed by atoms with van der Waals surface area (Å²) in [7, 11) is 0. The largest absolute Gasteiger partial charge is 0.295 e. The van der Waals surface area contributed by atoms with Crippen LogP contribution in [0.1, 0.15) is 18.1 Å². The smallest absolute Gasteiger partial charge is 0.151 e. The van der Waals surface area contributed by atoms with E-state index in [1.54, 1.807) is 41.8 Å². The average molecular weight is 344 g/mol. The number of hydrogen-bond acceptors (Lipinski definition) is 1. The van der Waals surface area contributed by atoms with Crippen LogP contribution in [0.15, 0.2) is 36.4 Å². The van der Waals surface area contributed by atoms with E-state index in [4.69, 9.17) is 34.8 Å². The second-order valence-electron chi connectivity index (χ2n) is 4.66. The van der Waals surface area contributed by atoms with Gasteiger partial charge < -0.3 is 0 Å². The van der Waals surface area contributed by atoms with Crippen molar-refractivity contribution in [3.8, 4) is 5.69 Å². The quantitative estimate of drug-likeness (QED) is 0.540. The molecule has 21 heavy (non-hydrogen) atoms. The summed E-state index contributed by atoms with van der Waals surface area (Å²) in [5, 5.41) is 0.586. The summed E-state index contributed by atoms with van der Waals surface area (Å²) in [6, 6.07) is 9.89. The van der Waals surface area contributed by atoms with Crippen molar-refractivity contribution in [3.05, 3.63) is 58.1 Å². The van der Waals surface area contributed by atoms with Crippen molar-refractivity contribution in [3.63, 3.8) is 0 Å². The van der Waals surface area contributed by atoms with Crippen LogP contribution in [0.4, 0.5) is 4.39 Å². The molecule has 0 spiro atoms. The lowest BCUT2D eigenvalue weighted by molar-refractivity contribution is 0.637. The molecule has 1 atom stereocenters. The van der Waals surface area contributed by atoms with E-state index in [1.165, 1.54) is 6.07 Å². The highest BCUT2D eigenvalue weighted by Gasteiger charge is 2.18. The van der Waals surface area contributed by atoms with Gasteiger partial charge in [0.25, 0.3) is 0 Å². The fraction of sp³-hybridized carbons (Fsp3) is 0.133. The van der Waals surface area contributed by atoms with Crippen LogP contribution in [0.5, 0.6) is 0 Å². The summed E-state index contributed by atoms with van der Waals surface area (Å²) in [5.74, 6) is 0.146. The minimum Gasteiger partial charge on any atom is -0.295 e. The third kappa shape index (κ3) is 2.61. The van der Waals surface area contributed by atoms with Crippen molar-refractivity contribution < 1.29 is 4.39 Å². The Morgan fingerprint density at radius 1 is 1.14 bits per heavy atom. The van der Waals surface area contributed by atoms with Crippen LogP contribution < -0.4 is 0 Å². The fourth-order valence-corrected chi connectivity index (χ4v) is 2.95. The molecule has 6 heteroatoms. The van der Waals surface area contributed by atoms with E-state index in [9.17, 15) is 4.39 Å². The minimum absolute atomic E-state index is 0.274. The highest BCUT2D eigenvalue weighted by molar-refractivity contribution is 6.34. The number of imidazole rings is 1. The van der Waals surface area contributed by atoms with E-state index < -0.39 is 11.2 Å². The van der Waals surface area contributed by atoms with E-state index in [0.717, 1.165) is 0 Å². The van der Waals surface area contributed by atoms with Crippen molar-refractivity contribution in [1.82, 2.24) is 9.55 Å². The molecule has 3 rings (SSSR count). The van der Waals surface area contributed by atoms with Gasteiger partial charge in [0, 0.05) is 10.0 Å². The molecule has 1 unspecified atom stereocenters. The summed E-state index contributed by atoms with van der Waals surface area (Å²) < 4.78 is 15.7. The van der Waals surface area contributed by atoms with Crippen molar-refractivity contribution in [2.24, 2.45) is 0 Å². The number of hydrogen-bond donors (Lipinski definition) is 0. The number of alkyl halides is 1. The normalized spacial score (nSPS) is 12.8. The van der Waals surface area contributed by atoms with Crippen LogP contribution in [0.3, 0.4) is 0 Å². The number of benzene rings is 2. The van der Waals surface area contributed by atoms with Gasteiger partial charge in [-0.25, -0.2) is 9.37 Å². The molecule has 3 aromatic rings. The van der Waals surface area contributed by atoms with Crippen molar-refractivity contribution in [1.29, 1.82) is 0 Å². The Hall–Kier alpha value is -1.29. The van der Waals surface area contributed by atoms with Crippen LogP contribution in [0.25, 0.3) is 16.7 Å². The number of para-hydroxylation sites is 1. The van der Waals surface area contributed by atoms with Gasteiger partial charge in [-0.05, 0) is 37.3 Å². The van der Waals surface area contributed by atoms with Crippen LogP contribution in [0, 0.1) is 5.82 Å².